The molecule has 1 saturated heterocycles. The summed E-state index contributed by atoms with van der Waals surface area (Å²) in [6.45, 7) is 4.81. The molecule has 0 aromatic carbocycles. The van der Waals surface area contributed by atoms with Gasteiger partial charge < -0.3 is 15.0 Å². The van der Waals surface area contributed by atoms with E-state index in [1.54, 1.807) is 11.3 Å². The van der Waals surface area contributed by atoms with Crippen LogP contribution in [0.3, 0.4) is 0 Å². The van der Waals surface area contributed by atoms with Crippen molar-refractivity contribution in [2.75, 3.05) is 36.5 Å². The van der Waals surface area contributed by atoms with Gasteiger partial charge in [0.2, 0.25) is 11.9 Å². The molecular weight excluding hydrogens is 372 g/mol. The number of anilines is 2. The summed E-state index contributed by atoms with van der Waals surface area (Å²) in [6, 6.07) is 1.92. The highest BCUT2D eigenvalue weighted by Crippen LogP contribution is 2.34. The van der Waals surface area contributed by atoms with E-state index in [1.807, 2.05) is 18.4 Å². The van der Waals surface area contributed by atoms with E-state index in [0.717, 1.165) is 35.3 Å². The number of alkyl halides is 2. The Morgan fingerprint density at radius 2 is 1.93 bits per heavy atom. The molecule has 0 bridgehead atoms. The Labute approximate surface area is 161 Å². The number of nitrogens with zero attached hydrogens (tertiary/aromatic N) is 4. The van der Waals surface area contributed by atoms with Crippen LogP contribution < -0.4 is 10.2 Å². The molecule has 0 unspecified atom stereocenters. The van der Waals surface area contributed by atoms with E-state index >= 15 is 0 Å². The second-order valence-electron chi connectivity index (χ2n) is 7.10. The molecule has 0 radical (unpaired) electrons. The van der Waals surface area contributed by atoms with E-state index in [1.165, 1.54) is 0 Å². The molecule has 1 aliphatic carbocycles. The molecule has 4 rings (SSSR count). The number of nitrogens with one attached hydrogen (secondary N) is 1. The van der Waals surface area contributed by atoms with Gasteiger partial charge in [-0.05, 0) is 19.8 Å². The summed E-state index contributed by atoms with van der Waals surface area (Å²) in [5.41, 5.74) is 1.71. The molecule has 9 heteroatoms. The van der Waals surface area contributed by atoms with Gasteiger partial charge >= 0.3 is 0 Å². The van der Waals surface area contributed by atoms with Crippen molar-refractivity contribution in [3.63, 3.8) is 0 Å². The molecule has 1 saturated carbocycles. The van der Waals surface area contributed by atoms with Gasteiger partial charge in [0.1, 0.15) is 16.5 Å². The van der Waals surface area contributed by atoms with Crippen LogP contribution >= 0.6 is 11.3 Å². The Bertz CT molecular complexity index is 784. The number of aromatic nitrogens is 3. The molecule has 6 nitrogen and oxygen atoms in total. The molecule has 2 aromatic heterocycles. The smallest absolute Gasteiger partial charge is 0.248 e. The SMILES string of the molecule is Cc1csc(-c2cc(N3CCOCC3)nc(NC3CCC(F)(F)CC3)n2)n1. The van der Waals surface area contributed by atoms with Crippen LogP contribution in [0.4, 0.5) is 20.5 Å². The molecule has 146 valence electrons. The number of hydrogen-bond donors (Lipinski definition) is 1. The number of morpholine rings is 1. The first-order valence-corrected chi connectivity index (χ1v) is 10.2. The summed E-state index contributed by atoms with van der Waals surface area (Å²) >= 11 is 1.54. The highest BCUT2D eigenvalue weighted by atomic mass is 32.1. The van der Waals surface area contributed by atoms with Crippen molar-refractivity contribution in [2.45, 2.75) is 44.6 Å². The van der Waals surface area contributed by atoms with E-state index in [0.29, 0.717) is 32.0 Å². The predicted molar refractivity (Wildman–Crippen MR) is 102 cm³/mol. The minimum absolute atomic E-state index is 0.0320. The number of halogens is 2. The number of ether oxygens (including phenoxy) is 1. The van der Waals surface area contributed by atoms with Crippen molar-refractivity contribution < 1.29 is 13.5 Å². The Balaban J connectivity index is 1.59. The average molecular weight is 395 g/mol. The summed E-state index contributed by atoms with van der Waals surface area (Å²) in [7, 11) is 0. The first-order chi connectivity index (χ1) is 13.0. The lowest BCUT2D eigenvalue weighted by atomic mass is 9.92. The Morgan fingerprint density at radius 1 is 1.19 bits per heavy atom. The number of hydrogen-bond acceptors (Lipinski definition) is 7. The second kappa shape index (κ2) is 7.63. The molecule has 2 fully saturated rings. The zero-order valence-electron chi connectivity index (χ0n) is 15.3. The first kappa shape index (κ1) is 18.5. The van der Waals surface area contributed by atoms with E-state index in [9.17, 15) is 8.78 Å². The number of thiazole rings is 1. The topological polar surface area (TPSA) is 63.2 Å². The van der Waals surface area contributed by atoms with Gasteiger partial charge in [-0.15, -0.1) is 11.3 Å². The van der Waals surface area contributed by atoms with Crippen LogP contribution in [0.15, 0.2) is 11.4 Å². The highest BCUT2D eigenvalue weighted by molar-refractivity contribution is 7.13. The van der Waals surface area contributed by atoms with Crippen molar-refractivity contribution in [2.24, 2.45) is 0 Å². The van der Waals surface area contributed by atoms with Gasteiger partial charge in [0, 0.05) is 49.1 Å². The van der Waals surface area contributed by atoms with Crippen LogP contribution in [0.2, 0.25) is 0 Å². The fraction of sp³-hybridized carbons (Fsp3) is 0.611. The summed E-state index contributed by atoms with van der Waals surface area (Å²) < 4.78 is 32.3. The largest absolute Gasteiger partial charge is 0.378 e. The van der Waals surface area contributed by atoms with Crippen LogP contribution in [0.25, 0.3) is 10.7 Å². The maximum Gasteiger partial charge on any atom is 0.248 e. The third kappa shape index (κ3) is 4.52. The van der Waals surface area contributed by atoms with Gasteiger partial charge in [0.15, 0.2) is 0 Å². The third-order valence-corrected chi connectivity index (χ3v) is 5.92. The molecule has 27 heavy (non-hydrogen) atoms. The first-order valence-electron chi connectivity index (χ1n) is 9.27. The monoisotopic (exact) mass is 395 g/mol. The van der Waals surface area contributed by atoms with E-state index < -0.39 is 5.92 Å². The Morgan fingerprint density at radius 3 is 2.59 bits per heavy atom. The second-order valence-corrected chi connectivity index (χ2v) is 7.96. The molecule has 1 N–H and O–H groups in total. The molecular formula is C18H23F2N5OS. The maximum absolute atomic E-state index is 13.4. The van der Waals surface area contributed by atoms with Gasteiger partial charge in [0.05, 0.1) is 13.2 Å². The lowest BCUT2D eigenvalue weighted by molar-refractivity contribution is -0.0361. The minimum Gasteiger partial charge on any atom is -0.378 e. The summed E-state index contributed by atoms with van der Waals surface area (Å²) in [5.74, 6) is -1.24. The molecule has 0 spiro atoms. The van der Waals surface area contributed by atoms with Crippen LogP contribution in [0.1, 0.15) is 31.4 Å². The van der Waals surface area contributed by atoms with Gasteiger partial charge in [-0.25, -0.2) is 18.7 Å². The Kier molecular flexibility index (Phi) is 5.23. The van der Waals surface area contributed by atoms with Crippen LogP contribution in [0, 0.1) is 6.92 Å². The van der Waals surface area contributed by atoms with E-state index in [-0.39, 0.29) is 18.9 Å². The van der Waals surface area contributed by atoms with Crippen molar-refractivity contribution in [3.8, 4) is 10.7 Å². The van der Waals surface area contributed by atoms with Gasteiger partial charge in [-0.1, -0.05) is 0 Å². The van der Waals surface area contributed by atoms with Gasteiger partial charge in [-0.3, -0.25) is 0 Å². The van der Waals surface area contributed by atoms with Crippen LogP contribution in [0.5, 0.6) is 0 Å². The lowest BCUT2D eigenvalue weighted by Gasteiger charge is -2.30. The van der Waals surface area contributed by atoms with Crippen LogP contribution in [-0.2, 0) is 4.74 Å². The van der Waals surface area contributed by atoms with Gasteiger partial charge in [-0.2, -0.15) is 4.98 Å². The fourth-order valence-corrected chi connectivity index (χ4v) is 4.16. The molecule has 3 heterocycles. The third-order valence-electron chi connectivity index (χ3n) is 4.94. The fourth-order valence-electron chi connectivity index (χ4n) is 3.40. The van der Waals surface area contributed by atoms with E-state index in [2.05, 4.69) is 25.2 Å². The maximum atomic E-state index is 13.4. The van der Waals surface area contributed by atoms with E-state index in [4.69, 9.17) is 4.74 Å². The summed E-state index contributed by atoms with van der Waals surface area (Å²) in [6.07, 6.45) is 0.659. The zero-order chi connectivity index (χ0) is 18.9. The highest BCUT2D eigenvalue weighted by Gasteiger charge is 2.35. The standard InChI is InChI=1S/C18H23F2N5OS/c1-12-11-27-16(21-12)14-10-15(25-6-8-26-9-7-25)24-17(23-14)22-13-2-4-18(19,20)5-3-13/h10-11,13H,2-9H2,1H3,(H,22,23,24). The molecule has 1 aliphatic heterocycles. The van der Waals surface area contributed by atoms with Crippen molar-refractivity contribution in [3.05, 3.63) is 17.1 Å². The van der Waals surface area contributed by atoms with Crippen molar-refractivity contribution in [1.82, 2.24) is 15.0 Å². The normalized spacial score (nSPS) is 20.6. The quantitative estimate of drug-likeness (QED) is 0.851. The zero-order valence-corrected chi connectivity index (χ0v) is 16.1. The minimum atomic E-state index is -2.54. The lowest BCUT2D eigenvalue weighted by Crippen LogP contribution is -2.37. The number of rotatable bonds is 4. The molecule has 2 aromatic rings. The molecule has 0 atom stereocenters. The molecule has 0 amide bonds. The Hall–Kier alpha value is -1.87. The van der Waals surface area contributed by atoms with Gasteiger partial charge in [0.25, 0.3) is 0 Å². The van der Waals surface area contributed by atoms with Crippen molar-refractivity contribution >= 4 is 23.1 Å². The predicted octanol–water partition coefficient (Wildman–Crippen LogP) is 3.73. The average Bonchev–Trinajstić information content (AvgIpc) is 3.10. The molecule has 2 aliphatic rings. The van der Waals surface area contributed by atoms with Crippen molar-refractivity contribution in [1.29, 1.82) is 0 Å². The summed E-state index contributed by atoms with van der Waals surface area (Å²) in [4.78, 5) is 16.0. The van der Waals surface area contributed by atoms with Crippen LogP contribution in [-0.4, -0.2) is 53.2 Å². The summed E-state index contributed by atoms with van der Waals surface area (Å²) in [5, 5.41) is 6.10. The number of aryl methyl sites for hydroxylation is 1.